The molecule has 10 aliphatic heterocycles. The molecule has 0 aromatic heterocycles. The Kier molecular flexibility index (Phi) is 25.1. The third-order valence-corrected chi connectivity index (χ3v) is 24.0. The Bertz CT molecular complexity index is 3680. The SMILES string of the molecule is CCON.CCON=C1CCC(N2CCC3(CC2)OC(=O)Nc2ccccc23)CC1.O=C1CCC(N2CCC3(CC2)OC(=O)Nc2ccccc23)CC1.O=C1CCC2(CC1)OCCO2.O=C1Nc2ccccc2C2(CCN(C3CCC4(CC3)OCCO4)CC2)O1.O=C1Nc2ccccc2C2(CCNCC2)O1. The summed E-state index contributed by atoms with van der Waals surface area (Å²) in [5, 5.41) is 18.7. The van der Waals surface area contributed by atoms with E-state index >= 15 is 0 Å². The third-order valence-electron chi connectivity index (χ3n) is 24.0. The summed E-state index contributed by atoms with van der Waals surface area (Å²) >= 11 is 0. The number of oxime groups is 1. The van der Waals surface area contributed by atoms with E-state index in [1.165, 1.54) is 5.71 Å². The molecule has 26 nitrogen and oxygen atoms in total. The van der Waals surface area contributed by atoms with Gasteiger partial charge in [0.05, 0.1) is 61.5 Å². The Labute approximate surface area is 621 Å². The van der Waals surface area contributed by atoms with Crippen molar-refractivity contribution < 1.29 is 76.3 Å². The predicted octanol–water partition coefficient (Wildman–Crippen LogP) is 12.7. The normalized spacial score (nSPS) is 25.1. The first kappa shape index (κ1) is 76.6. The average molecular weight is 1470 g/mol. The van der Waals surface area contributed by atoms with Crippen LogP contribution in [-0.2, 0) is 79.6 Å². The minimum Gasteiger partial charge on any atom is -0.438 e. The second-order valence-corrected chi connectivity index (χ2v) is 30.1. The van der Waals surface area contributed by atoms with Crippen LogP contribution in [0.25, 0.3) is 0 Å². The molecule has 0 unspecified atom stereocenters. The Morgan fingerprint density at radius 2 is 0.698 bits per heavy atom. The molecule has 26 heteroatoms. The summed E-state index contributed by atoms with van der Waals surface area (Å²) in [6.07, 6.45) is 20.1. The zero-order chi connectivity index (χ0) is 73.6. The van der Waals surface area contributed by atoms with Crippen molar-refractivity contribution in [2.24, 2.45) is 11.1 Å². The largest absolute Gasteiger partial charge is 0.438 e. The van der Waals surface area contributed by atoms with Crippen LogP contribution >= 0.6 is 0 Å². The van der Waals surface area contributed by atoms with E-state index < -0.39 is 22.4 Å². The summed E-state index contributed by atoms with van der Waals surface area (Å²) in [6, 6.07) is 33.6. The average Bonchev–Trinajstić information content (AvgIpc) is 1.56. The van der Waals surface area contributed by atoms with Gasteiger partial charge in [-0.3, -0.25) is 30.9 Å². The van der Waals surface area contributed by atoms with Gasteiger partial charge >= 0.3 is 24.4 Å². The minimum atomic E-state index is -0.486. The van der Waals surface area contributed by atoms with Crippen molar-refractivity contribution in [2.75, 3.05) is 113 Å². The molecule has 0 atom stereocenters. The van der Waals surface area contributed by atoms with Crippen LogP contribution in [-0.4, -0.2) is 178 Å². The number of nitrogens with zero attached hydrogens (tertiary/aromatic N) is 4. The van der Waals surface area contributed by atoms with E-state index in [-0.39, 0.29) is 35.9 Å². The molecule has 6 saturated heterocycles. The molecule has 106 heavy (non-hydrogen) atoms. The van der Waals surface area contributed by atoms with E-state index in [9.17, 15) is 28.8 Å². The highest BCUT2D eigenvalue weighted by molar-refractivity contribution is 5.91. The maximum atomic E-state index is 12.1. The second kappa shape index (κ2) is 34.7. The van der Waals surface area contributed by atoms with Crippen LogP contribution in [0.15, 0.2) is 102 Å². The highest BCUT2D eigenvalue weighted by Gasteiger charge is 2.51. The van der Waals surface area contributed by atoms with Crippen LogP contribution in [0, 0.1) is 0 Å². The van der Waals surface area contributed by atoms with Gasteiger partial charge in [-0.2, -0.15) is 0 Å². The molecule has 0 bridgehead atoms. The lowest BCUT2D eigenvalue weighted by Gasteiger charge is -2.47. The molecular weight excluding hydrogens is 1360 g/mol. The summed E-state index contributed by atoms with van der Waals surface area (Å²) < 4.78 is 45.6. The summed E-state index contributed by atoms with van der Waals surface area (Å²) in [7, 11) is 0. The van der Waals surface area contributed by atoms with Crippen LogP contribution in [0.5, 0.6) is 0 Å². The number of nitrogens with one attached hydrogen (secondary N) is 5. The molecule has 4 aromatic carbocycles. The quantitative estimate of drug-likeness (QED) is 0.0772. The number of carbonyl (C=O) groups is 6. The topological polar surface area (TPSA) is 303 Å². The molecule has 6 spiro atoms. The van der Waals surface area contributed by atoms with Crippen LogP contribution in [0.1, 0.15) is 190 Å². The lowest BCUT2D eigenvalue weighted by Crippen LogP contribution is -2.52. The fourth-order valence-electron chi connectivity index (χ4n) is 18.2. The Hall–Kier alpha value is -7.63. The van der Waals surface area contributed by atoms with Gasteiger partial charge in [0.25, 0.3) is 0 Å². The lowest BCUT2D eigenvalue weighted by atomic mass is 9.80. The van der Waals surface area contributed by atoms with Crippen molar-refractivity contribution >= 4 is 64.4 Å². The number of amides is 4. The molecule has 14 aliphatic rings. The van der Waals surface area contributed by atoms with Gasteiger partial charge in [0.1, 0.15) is 40.6 Å². The minimum absolute atomic E-state index is 0.295. The zero-order valence-corrected chi connectivity index (χ0v) is 61.7. The number of piperidine rings is 4. The fraction of sp³-hybridized carbons (Fsp3) is 0.613. The first-order chi connectivity index (χ1) is 51.6. The summed E-state index contributed by atoms with van der Waals surface area (Å²) in [6.45, 7) is 15.3. The van der Waals surface area contributed by atoms with Crippen LogP contribution in [0.4, 0.5) is 41.9 Å². The van der Waals surface area contributed by atoms with Gasteiger partial charge in [-0.25, -0.2) is 25.1 Å². The standard InChI is InChI=1S/C20H27N3O3.C20H26N2O4.C18H22N2O3.C12H14N2O2.C8H12O3.C2H7NO/c1-2-25-22-15-7-9-16(10-8-15)23-13-11-20(12-14-23)17-5-3-4-6-18(17)21-19(24)26-20;23-18-21-17-4-2-1-3-16(17)19(26-18)9-11-22(12-10-19)15-5-7-20(8-6-15)24-13-14-25-20;21-14-7-5-13(6-8-14)20-11-9-18(10-12-20)15-3-1-2-4-16(15)19-17(22)23-18;15-11-14-10-4-2-1-3-9(10)12(16-11)5-7-13-8-6-12;9-7-1-3-8(4-2-7)10-5-6-11-8;1-2-4-3/h3-6,16H,2,7-14H2,1H3,(H,21,24);1-4,15H,5-14H2,(H,21,23);1-4,13H,5-12H2,(H,19,22);1-4,13H,5-8H2,(H,14,15);1-6H2;2-3H2,1H3. The number of ether oxygens (including phenoxy) is 8. The van der Waals surface area contributed by atoms with Crippen LogP contribution < -0.4 is 32.5 Å². The second-order valence-electron chi connectivity index (χ2n) is 30.1. The number of Topliss-reactive ketones (excluding diaryl/α,β-unsaturated/α-hetero) is 2. The number of para-hydroxylation sites is 4. The van der Waals surface area contributed by atoms with Crippen LogP contribution in [0.2, 0.25) is 0 Å². The predicted molar refractivity (Wildman–Crippen MR) is 397 cm³/mol. The van der Waals surface area contributed by atoms with E-state index in [1.54, 1.807) is 0 Å². The molecule has 7 N–H and O–H groups in total. The van der Waals surface area contributed by atoms with Crippen LogP contribution in [0.3, 0.4) is 0 Å². The first-order valence-corrected chi connectivity index (χ1v) is 39.0. The molecule has 4 aliphatic carbocycles. The molecule has 0 radical (unpaired) electrons. The molecule has 4 aromatic rings. The molecule has 10 fully saturated rings. The van der Waals surface area contributed by atoms with E-state index in [0.29, 0.717) is 81.8 Å². The van der Waals surface area contributed by atoms with Gasteiger partial charge in [0, 0.05) is 182 Å². The summed E-state index contributed by atoms with van der Waals surface area (Å²) in [5.41, 5.74) is 7.36. The van der Waals surface area contributed by atoms with Crippen molar-refractivity contribution in [1.29, 1.82) is 0 Å². The molecular formula is C80H108N10O16. The van der Waals surface area contributed by atoms with E-state index in [4.69, 9.17) is 42.7 Å². The van der Waals surface area contributed by atoms with Gasteiger partial charge in [0.15, 0.2) is 11.6 Å². The maximum absolute atomic E-state index is 12.1. The van der Waals surface area contributed by atoms with Crippen molar-refractivity contribution in [3.05, 3.63) is 119 Å². The number of hydrogen-bond acceptors (Lipinski definition) is 22. The number of rotatable bonds is 6. The number of nitrogens with two attached hydrogens (primary N) is 1. The van der Waals surface area contributed by atoms with Gasteiger partial charge in [-0.1, -0.05) is 78.0 Å². The van der Waals surface area contributed by atoms with Crippen molar-refractivity contribution in [1.82, 2.24) is 20.0 Å². The smallest absolute Gasteiger partial charge is 0.412 e. The third kappa shape index (κ3) is 17.9. The summed E-state index contributed by atoms with van der Waals surface area (Å²) in [4.78, 5) is 86.7. The Balaban J connectivity index is 0.000000119. The fourth-order valence-corrected chi connectivity index (χ4v) is 18.2. The van der Waals surface area contributed by atoms with Crippen molar-refractivity contribution in [3.8, 4) is 0 Å². The maximum Gasteiger partial charge on any atom is 0.412 e. The zero-order valence-electron chi connectivity index (χ0n) is 61.7. The number of benzene rings is 4. The highest BCUT2D eigenvalue weighted by Crippen LogP contribution is 2.49. The van der Waals surface area contributed by atoms with Gasteiger partial charge in [0.2, 0.25) is 0 Å². The molecule has 574 valence electrons. The first-order valence-electron chi connectivity index (χ1n) is 39.0. The summed E-state index contributed by atoms with van der Waals surface area (Å²) in [5.74, 6) is 4.61. The monoisotopic (exact) mass is 1460 g/mol. The molecule has 4 amide bonds. The van der Waals surface area contributed by atoms with E-state index in [1.807, 2.05) is 92.7 Å². The van der Waals surface area contributed by atoms with Gasteiger partial charge < -0.3 is 67.6 Å². The molecule has 18 rings (SSSR count). The van der Waals surface area contributed by atoms with E-state index in [2.05, 4.69) is 75.4 Å². The van der Waals surface area contributed by atoms with E-state index in [0.717, 1.165) is 239 Å². The Morgan fingerprint density at radius 1 is 0.396 bits per heavy atom. The van der Waals surface area contributed by atoms with Gasteiger partial charge in [-0.05, 0) is 103 Å². The van der Waals surface area contributed by atoms with Crippen molar-refractivity contribution in [2.45, 2.75) is 220 Å². The lowest BCUT2D eigenvalue weighted by molar-refractivity contribution is -0.185. The number of ketones is 2. The molecule has 10 heterocycles. The Morgan fingerprint density at radius 3 is 1.04 bits per heavy atom. The number of hydrogen-bond donors (Lipinski definition) is 6. The van der Waals surface area contributed by atoms with Crippen molar-refractivity contribution in [3.63, 3.8) is 0 Å². The number of fused-ring (bicyclic) bond motifs is 8. The number of carbonyl (C=O) groups excluding carboxylic acids is 6. The van der Waals surface area contributed by atoms with Gasteiger partial charge in [-0.15, -0.1) is 0 Å². The number of anilines is 4. The number of likely N-dealkylation sites (tertiary alicyclic amines) is 3. The molecule has 4 saturated carbocycles. The highest BCUT2D eigenvalue weighted by atomic mass is 16.7.